The Bertz CT molecular complexity index is 720. The average Bonchev–Trinajstić information content (AvgIpc) is 3.48. The molecular formula is C22H26BrNO3. The number of amides is 1. The predicted octanol–water partition coefficient (Wildman–Crippen LogP) is 4.24. The molecule has 0 heterocycles. The number of ether oxygens (including phenoxy) is 2. The van der Waals surface area contributed by atoms with Crippen molar-refractivity contribution in [2.24, 2.45) is 5.92 Å². The lowest BCUT2D eigenvalue weighted by atomic mass is 10.1. The Balaban J connectivity index is 1.60. The van der Waals surface area contributed by atoms with Crippen molar-refractivity contribution in [2.75, 3.05) is 33.5 Å². The van der Waals surface area contributed by atoms with E-state index in [9.17, 15) is 4.79 Å². The standard InChI is InChI=1S/C22H26BrNO3/c1-26-13-14-27-12-11-24(16-17-5-3-2-4-6-17)22(25)21-15-20(21)18-7-9-19(23)10-8-18/h2-10,20-21H,11-16H2,1H3. The van der Waals surface area contributed by atoms with Gasteiger partial charge in [-0.3, -0.25) is 4.79 Å². The lowest BCUT2D eigenvalue weighted by Gasteiger charge is -2.23. The molecule has 144 valence electrons. The zero-order valence-electron chi connectivity index (χ0n) is 15.6. The maximum absolute atomic E-state index is 13.1. The minimum Gasteiger partial charge on any atom is -0.382 e. The first kappa shape index (κ1) is 20.1. The van der Waals surface area contributed by atoms with Gasteiger partial charge >= 0.3 is 0 Å². The van der Waals surface area contributed by atoms with Crippen molar-refractivity contribution >= 4 is 21.8 Å². The molecule has 1 aliphatic rings. The molecule has 0 aromatic heterocycles. The molecule has 2 aromatic carbocycles. The molecule has 0 saturated heterocycles. The summed E-state index contributed by atoms with van der Waals surface area (Å²) >= 11 is 3.47. The molecule has 0 spiro atoms. The molecule has 1 amide bonds. The maximum Gasteiger partial charge on any atom is 0.226 e. The minimum atomic E-state index is 0.0777. The van der Waals surface area contributed by atoms with Crippen LogP contribution in [0, 0.1) is 5.92 Å². The summed E-state index contributed by atoms with van der Waals surface area (Å²) in [4.78, 5) is 15.1. The third-order valence-corrected chi connectivity index (χ3v) is 5.40. The first-order chi connectivity index (χ1) is 13.2. The van der Waals surface area contributed by atoms with E-state index in [-0.39, 0.29) is 11.8 Å². The highest BCUT2D eigenvalue weighted by molar-refractivity contribution is 9.10. The minimum absolute atomic E-state index is 0.0777. The molecule has 2 atom stereocenters. The zero-order chi connectivity index (χ0) is 19.1. The van der Waals surface area contributed by atoms with Gasteiger partial charge in [-0.1, -0.05) is 58.4 Å². The Morgan fingerprint density at radius 3 is 2.52 bits per heavy atom. The van der Waals surface area contributed by atoms with Gasteiger partial charge in [0.25, 0.3) is 0 Å². The molecule has 1 fully saturated rings. The van der Waals surface area contributed by atoms with E-state index in [1.807, 2.05) is 35.2 Å². The van der Waals surface area contributed by atoms with Crippen LogP contribution in [0.2, 0.25) is 0 Å². The molecule has 0 N–H and O–H groups in total. The Morgan fingerprint density at radius 1 is 1.07 bits per heavy atom. The molecule has 2 unspecified atom stereocenters. The highest BCUT2D eigenvalue weighted by atomic mass is 79.9. The first-order valence-electron chi connectivity index (χ1n) is 9.34. The highest BCUT2D eigenvalue weighted by Crippen LogP contribution is 2.48. The van der Waals surface area contributed by atoms with Crippen molar-refractivity contribution in [3.8, 4) is 0 Å². The summed E-state index contributed by atoms with van der Waals surface area (Å²) in [5.41, 5.74) is 2.39. The second kappa shape index (κ2) is 10.0. The maximum atomic E-state index is 13.1. The molecule has 4 nitrogen and oxygen atoms in total. The van der Waals surface area contributed by atoms with E-state index in [2.05, 4.69) is 40.2 Å². The van der Waals surface area contributed by atoms with E-state index in [0.29, 0.717) is 38.8 Å². The summed E-state index contributed by atoms with van der Waals surface area (Å²) in [5.74, 6) is 0.634. The summed E-state index contributed by atoms with van der Waals surface area (Å²) in [6, 6.07) is 18.4. The monoisotopic (exact) mass is 431 g/mol. The van der Waals surface area contributed by atoms with Gasteiger partial charge in [0.1, 0.15) is 0 Å². The fraction of sp³-hybridized carbons (Fsp3) is 0.409. The van der Waals surface area contributed by atoms with Gasteiger partial charge in [-0.25, -0.2) is 0 Å². The van der Waals surface area contributed by atoms with Crippen molar-refractivity contribution < 1.29 is 14.3 Å². The van der Waals surface area contributed by atoms with Crippen molar-refractivity contribution in [1.82, 2.24) is 4.90 Å². The largest absolute Gasteiger partial charge is 0.382 e. The van der Waals surface area contributed by atoms with Crippen LogP contribution in [-0.4, -0.2) is 44.3 Å². The average molecular weight is 432 g/mol. The smallest absolute Gasteiger partial charge is 0.226 e. The van der Waals surface area contributed by atoms with Crippen LogP contribution in [0.5, 0.6) is 0 Å². The quantitative estimate of drug-likeness (QED) is 0.527. The fourth-order valence-corrected chi connectivity index (χ4v) is 3.54. The van der Waals surface area contributed by atoms with Gasteiger partial charge in [0.15, 0.2) is 0 Å². The van der Waals surface area contributed by atoms with Gasteiger partial charge in [-0.15, -0.1) is 0 Å². The first-order valence-corrected chi connectivity index (χ1v) is 10.1. The summed E-state index contributed by atoms with van der Waals surface area (Å²) in [6.45, 7) is 2.87. The number of hydrogen-bond donors (Lipinski definition) is 0. The third kappa shape index (κ3) is 5.89. The summed E-state index contributed by atoms with van der Waals surface area (Å²) in [7, 11) is 1.66. The van der Waals surface area contributed by atoms with Gasteiger partial charge < -0.3 is 14.4 Å². The molecule has 0 radical (unpaired) electrons. The molecule has 0 bridgehead atoms. The molecule has 3 rings (SSSR count). The summed E-state index contributed by atoms with van der Waals surface area (Å²) in [6.07, 6.45) is 0.927. The number of benzene rings is 2. The Morgan fingerprint density at radius 2 is 1.81 bits per heavy atom. The van der Waals surface area contributed by atoms with Gasteiger partial charge in [-0.05, 0) is 35.6 Å². The number of nitrogens with zero attached hydrogens (tertiary/aromatic N) is 1. The van der Waals surface area contributed by atoms with E-state index in [0.717, 1.165) is 16.5 Å². The topological polar surface area (TPSA) is 38.8 Å². The van der Waals surface area contributed by atoms with Crippen LogP contribution in [-0.2, 0) is 20.8 Å². The molecular weight excluding hydrogens is 406 g/mol. The number of carbonyl (C=O) groups excluding carboxylic acids is 1. The van der Waals surface area contributed by atoms with E-state index < -0.39 is 0 Å². The van der Waals surface area contributed by atoms with Crippen LogP contribution in [0.3, 0.4) is 0 Å². The highest BCUT2D eigenvalue weighted by Gasteiger charge is 2.45. The number of halogens is 1. The van der Waals surface area contributed by atoms with E-state index in [1.54, 1.807) is 7.11 Å². The Kier molecular flexibility index (Phi) is 7.44. The van der Waals surface area contributed by atoms with E-state index >= 15 is 0 Å². The van der Waals surface area contributed by atoms with Crippen molar-refractivity contribution in [1.29, 1.82) is 0 Å². The SMILES string of the molecule is COCCOCCN(Cc1ccccc1)C(=O)C1CC1c1ccc(Br)cc1. The second-order valence-electron chi connectivity index (χ2n) is 6.85. The van der Waals surface area contributed by atoms with Crippen molar-refractivity contribution in [3.05, 3.63) is 70.2 Å². The third-order valence-electron chi connectivity index (χ3n) is 4.87. The van der Waals surface area contributed by atoms with Crippen LogP contribution in [0.25, 0.3) is 0 Å². The number of rotatable bonds is 10. The van der Waals surface area contributed by atoms with Crippen LogP contribution >= 0.6 is 15.9 Å². The van der Waals surface area contributed by atoms with Crippen LogP contribution < -0.4 is 0 Å². The van der Waals surface area contributed by atoms with Crippen LogP contribution in [0.1, 0.15) is 23.5 Å². The van der Waals surface area contributed by atoms with Gasteiger partial charge in [0.2, 0.25) is 5.91 Å². The Hall–Kier alpha value is -1.69. The van der Waals surface area contributed by atoms with Crippen molar-refractivity contribution in [2.45, 2.75) is 18.9 Å². The molecule has 1 aliphatic carbocycles. The van der Waals surface area contributed by atoms with Gasteiger partial charge in [-0.2, -0.15) is 0 Å². The predicted molar refractivity (Wildman–Crippen MR) is 110 cm³/mol. The fourth-order valence-electron chi connectivity index (χ4n) is 3.27. The van der Waals surface area contributed by atoms with Crippen molar-refractivity contribution in [3.63, 3.8) is 0 Å². The zero-order valence-corrected chi connectivity index (χ0v) is 17.2. The molecule has 1 saturated carbocycles. The van der Waals surface area contributed by atoms with Gasteiger partial charge in [0.05, 0.1) is 19.8 Å². The molecule has 2 aromatic rings. The lowest BCUT2D eigenvalue weighted by molar-refractivity contribution is -0.134. The van der Waals surface area contributed by atoms with E-state index in [4.69, 9.17) is 9.47 Å². The molecule has 5 heteroatoms. The molecule has 27 heavy (non-hydrogen) atoms. The molecule has 0 aliphatic heterocycles. The summed E-state index contributed by atoms with van der Waals surface area (Å²) in [5, 5.41) is 0. The number of carbonyl (C=O) groups is 1. The van der Waals surface area contributed by atoms with Crippen LogP contribution in [0.4, 0.5) is 0 Å². The normalized spacial score (nSPS) is 18.3. The summed E-state index contributed by atoms with van der Waals surface area (Å²) < 4.78 is 11.7. The van der Waals surface area contributed by atoms with E-state index in [1.165, 1.54) is 5.56 Å². The number of methoxy groups -OCH3 is 1. The number of hydrogen-bond acceptors (Lipinski definition) is 3. The Labute approximate surface area is 169 Å². The van der Waals surface area contributed by atoms with Crippen LogP contribution in [0.15, 0.2) is 59.1 Å². The lowest BCUT2D eigenvalue weighted by Crippen LogP contribution is -2.35. The van der Waals surface area contributed by atoms with Gasteiger partial charge in [0, 0.05) is 30.6 Å². The second-order valence-corrected chi connectivity index (χ2v) is 7.77.